The van der Waals surface area contributed by atoms with Gasteiger partial charge in [0, 0.05) is 24.6 Å². The van der Waals surface area contributed by atoms with Crippen LogP contribution in [0.3, 0.4) is 0 Å². The standard InChI is InChI=1S/C6H11N3.C3H4N2/c1-4(7)6-3-8-5(2)9-6;1-2-5-3-4-1/h3-4H,7H2,1-2H3,(H,8,9);1-3H,(H,4,5). The number of rotatable bonds is 1. The summed E-state index contributed by atoms with van der Waals surface area (Å²) in [6, 6.07) is 0.0370. The zero-order valence-corrected chi connectivity index (χ0v) is 8.36. The lowest BCUT2D eigenvalue weighted by Crippen LogP contribution is -2.04. The van der Waals surface area contributed by atoms with Crippen molar-refractivity contribution in [1.29, 1.82) is 0 Å². The molecule has 1 unspecified atom stereocenters. The minimum Gasteiger partial charge on any atom is -0.351 e. The van der Waals surface area contributed by atoms with E-state index in [2.05, 4.69) is 19.9 Å². The second-order valence-corrected chi connectivity index (χ2v) is 2.96. The van der Waals surface area contributed by atoms with Crippen molar-refractivity contribution in [3.05, 3.63) is 36.4 Å². The van der Waals surface area contributed by atoms with Gasteiger partial charge in [0.25, 0.3) is 0 Å². The summed E-state index contributed by atoms with van der Waals surface area (Å²) in [5.74, 6) is 0.919. The molecule has 0 saturated heterocycles. The van der Waals surface area contributed by atoms with Crippen LogP contribution in [0.1, 0.15) is 24.5 Å². The Balaban J connectivity index is 0.000000165. The minimum atomic E-state index is 0.0370. The number of aromatic nitrogens is 4. The zero-order valence-electron chi connectivity index (χ0n) is 8.36. The molecule has 0 bridgehead atoms. The summed E-state index contributed by atoms with van der Waals surface area (Å²) in [6.45, 7) is 3.82. The molecule has 0 saturated carbocycles. The second kappa shape index (κ2) is 5.18. The van der Waals surface area contributed by atoms with E-state index >= 15 is 0 Å². The smallest absolute Gasteiger partial charge is 0.103 e. The molecule has 2 aromatic heterocycles. The van der Waals surface area contributed by atoms with E-state index in [1.54, 1.807) is 18.7 Å². The maximum atomic E-state index is 5.54. The van der Waals surface area contributed by atoms with Crippen molar-refractivity contribution in [1.82, 2.24) is 19.9 Å². The van der Waals surface area contributed by atoms with Gasteiger partial charge in [-0.3, -0.25) is 0 Å². The van der Waals surface area contributed by atoms with E-state index in [-0.39, 0.29) is 6.04 Å². The Labute approximate surface area is 82.8 Å². The molecule has 0 aliphatic heterocycles. The van der Waals surface area contributed by atoms with Crippen molar-refractivity contribution in [3.63, 3.8) is 0 Å². The van der Waals surface area contributed by atoms with Crippen molar-refractivity contribution in [2.75, 3.05) is 0 Å². The molecule has 5 heteroatoms. The van der Waals surface area contributed by atoms with Crippen LogP contribution < -0.4 is 5.73 Å². The Morgan fingerprint density at radius 1 is 1.50 bits per heavy atom. The first-order valence-electron chi connectivity index (χ1n) is 4.40. The van der Waals surface area contributed by atoms with Crippen LogP contribution >= 0.6 is 0 Å². The highest BCUT2D eigenvalue weighted by Gasteiger charge is 2.00. The summed E-state index contributed by atoms with van der Waals surface area (Å²) in [7, 11) is 0. The molecule has 2 aromatic rings. The zero-order chi connectivity index (χ0) is 10.4. The molecule has 2 heterocycles. The molecule has 0 aliphatic carbocycles. The van der Waals surface area contributed by atoms with Crippen molar-refractivity contribution in [2.24, 2.45) is 5.73 Å². The SMILES string of the molecule is Cc1nc(C(C)N)c[nH]1.c1c[nH]cn1. The molecule has 14 heavy (non-hydrogen) atoms. The number of nitrogens with two attached hydrogens (primary N) is 1. The van der Waals surface area contributed by atoms with Crippen LogP contribution in [0.4, 0.5) is 0 Å². The lowest BCUT2D eigenvalue weighted by atomic mass is 10.3. The van der Waals surface area contributed by atoms with Gasteiger partial charge in [0.05, 0.1) is 12.0 Å². The highest BCUT2D eigenvalue weighted by Crippen LogP contribution is 2.03. The number of H-pyrrole nitrogens is 2. The van der Waals surface area contributed by atoms with Crippen LogP contribution in [-0.4, -0.2) is 19.9 Å². The normalized spacial score (nSPS) is 11.6. The van der Waals surface area contributed by atoms with Crippen molar-refractivity contribution in [2.45, 2.75) is 19.9 Å². The fourth-order valence-corrected chi connectivity index (χ4v) is 0.885. The van der Waals surface area contributed by atoms with Crippen molar-refractivity contribution in [3.8, 4) is 0 Å². The fraction of sp³-hybridized carbons (Fsp3) is 0.333. The Kier molecular flexibility index (Phi) is 3.87. The van der Waals surface area contributed by atoms with Crippen LogP contribution in [0.15, 0.2) is 24.9 Å². The second-order valence-electron chi connectivity index (χ2n) is 2.96. The van der Waals surface area contributed by atoms with E-state index in [0.717, 1.165) is 11.5 Å². The summed E-state index contributed by atoms with van der Waals surface area (Å²) >= 11 is 0. The number of hydrogen-bond donors (Lipinski definition) is 3. The molecule has 0 spiro atoms. The average molecular weight is 193 g/mol. The number of aromatic amines is 2. The molecule has 0 radical (unpaired) electrons. The molecule has 76 valence electrons. The first kappa shape index (κ1) is 10.5. The van der Waals surface area contributed by atoms with E-state index in [1.807, 2.05) is 20.0 Å². The van der Waals surface area contributed by atoms with E-state index in [0.29, 0.717) is 0 Å². The third-order valence-electron chi connectivity index (χ3n) is 1.60. The molecule has 1 atom stereocenters. The lowest BCUT2D eigenvalue weighted by molar-refractivity contribution is 0.786. The van der Waals surface area contributed by atoms with Crippen LogP contribution in [0, 0.1) is 6.92 Å². The highest BCUT2D eigenvalue weighted by molar-refractivity contribution is 5.03. The third kappa shape index (κ3) is 3.40. The number of imidazole rings is 2. The molecule has 4 N–H and O–H groups in total. The highest BCUT2D eigenvalue weighted by atomic mass is 14.9. The van der Waals surface area contributed by atoms with Gasteiger partial charge in [-0.15, -0.1) is 0 Å². The number of nitrogens with one attached hydrogen (secondary N) is 2. The van der Waals surface area contributed by atoms with Crippen molar-refractivity contribution >= 4 is 0 Å². The monoisotopic (exact) mass is 193 g/mol. The Morgan fingerprint density at radius 3 is 2.50 bits per heavy atom. The van der Waals surface area contributed by atoms with Gasteiger partial charge < -0.3 is 15.7 Å². The third-order valence-corrected chi connectivity index (χ3v) is 1.60. The predicted octanol–water partition coefficient (Wildman–Crippen LogP) is 1.15. The predicted molar refractivity (Wildman–Crippen MR) is 54.5 cm³/mol. The average Bonchev–Trinajstić information content (AvgIpc) is 2.74. The summed E-state index contributed by atoms with van der Waals surface area (Å²) in [4.78, 5) is 13.5. The van der Waals surface area contributed by atoms with Gasteiger partial charge in [-0.05, 0) is 13.8 Å². The van der Waals surface area contributed by atoms with E-state index in [9.17, 15) is 0 Å². The van der Waals surface area contributed by atoms with Gasteiger partial charge in [-0.25, -0.2) is 9.97 Å². The summed E-state index contributed by atoms with van der Waals surface area (Å²) in [5, 5.41) is 0. The van der Waals surface area contributed by atoms with Gasteiger partial charge in [-0.1, -0.05) is 0 Å². The van der Waals surface area contributed by atoms with E-state index < -0.39 is 0 Å². The number of aryl methyl sites for hydroxylation is 1. The molecular weight excluding hydrogens is 178 g/mol. The van der Waals surface area contributed by atoms with Crippen LogP contribution in [0.2, 0.25) is 0 Å². The van der Waals surface area contributed by atoms with Crippen LogP contribution in [0.5, 0.6) is 0 Å². The summed E-state index contributed by atoms with van der Waals surface area (Å²) in [5.41, 5.74) is 6.47. The summed E-state index contributed by atoms with van der Waals surface area (Å²) < 4.78 is 0. The fourth-order valence-electron chi connectivity index (χ4n) is 0.885. The molecule has 5 nitrogen and oxygen atoms in total. The van der Waals surface area contributed by atoms with Gasteiger partial charge in [0.2, 0.25) is 0 Å². The van der Waals surface area contributed by atoms with Crippen LogP contribution in [0.25, 0.3) is 0 Å². The first-order chi connectivity index (χ1) is 6.70. The molecule has 2 rings (SSSR count). The largest absolute Gasteiger partial charge is 0.351 e. The van der Waals surface area contributed by atoms with Gasteiger partial charge in [-0.2, -0.15) is 0 Å². The Hall–Kier alpha value is -1.62. The first-order valence-corrected chi connectivity index (χ1v) is 4.40. The molecule has 0 fully saturated rings. The summed E-state index contributed by atoms with van der Waals surface area (Å²) in [6.07, 6.45) is 6.92. The van der Waals surface area contributed by atoms with Gasteiger partial charge in [0.1, 0.15) is 5.82 Å². The lowest BCUT2D eigenvalue weighted by Gasteiger charge is -1.95. The maximum Gasteiger partial charge on any atom is 0.103 e. The molecule has 0 aromatic carbocycles. The quantitative estimate of drug-likeness (QED) is 0.635. The topological polar surface area (TPSA) is 83.4 Å². The van der Waals surface area contributed by atoms with Gasteiger partial charge in [0.15, 0.2) is 0 Å². The minimum absolute atomic E-state index is 0.0370. The Morgan fingerprint density at radius 2 is 2.29 bits per heavy atom. The number of nitrogens with zero attached hydrogens (tertiary/aromatic N) is 2. The maximum absolute atomic E-state index is 5.54. The van der Waals surface area contributed by atoms with Gasteiger partial charge >= 0.3 is 0 Å². The number of hydrogen-bond acceptors (Lipinski definition) is 3. The van der Waals surface area contributed by atoms with E-state index in [4.69, 9.17) is 5.73 Å². The van der Waals surface area contributed by atoms with Crippen molar-refractivity contribution < 1.29 is 0 Å². The molecular formula is C9H15N5. The Bertz CT molecular complexity index is 319. The van der Waals surface area contributed by atoms with E-state index in [1.165, 1.54) is 0 Å². The van der Waals surface area contributed by atoms with Crippen LogP contribution in [-0.2, 0) is 0 Å². The molecule has 0 amide bonds. The molecule has 0 aliphatic rings.